The molecule has 0 saturated carbocycles. The molecule has 2 amide bonds. The molecule has 7 heteroatoms. The second-order valence-electron chi connectivity index (χ2n) is 5.99. The molecule has 5 nitrogen and oxygen atoms in total. The molecule has 1 aromatic carbocycles. The summed E-state index contributed by atoms with van der Waals surface area (Å²) in [4.78, 5) is 24.3. The van der Waals surface area contributed by atoms with E-state index in [1.807, 2.05) is 20.8 Å². The molecule has 2 aromatic rings. The third kappa shape index (κ3) is 4.46. The lowest BCUT2D eigenvalue weighted by Crippen LogP contribution is -2.19. The number of carbonyl (C=O) groups is 2. The van der Waals surface area contributed by atoms with Crippen LogP contribution in [0, 0.1) is 0 Å². The average Bonchev–Trinajstić information content (AvgIpc) is 2.85. The van der Waals surface area contributed by atoms with Crippen LogP contribution in [-0.2, 0) is 5.41 Å². The van der Waals surface area contributed by atoms with Gasteiger partial charge in [0.25, 0.3) is 0 Å². The molecule has 2 rings (SSSR count). The minimum absolute atomic E-state index is 0.0891. The summed E-state index contributed by atoms with van der Waals surface area (Å²) in [5.41, 5.74) is 0.462. The highest BCUT2D eigenvalue weighted by Gasteiger charge is 2.23. The first kappa shape index (κ1) is 17.3. The number of hydrogen-bond donors (Lipinski definition) is 3. The first-order valence-electron chi connectivity index (χ1n) is 6.88. The van der Waals surface area contributed by atoms with Gasteiger partial charge in [0, 0.05) is 15.6 Å². The van der Waals surface area contributed by atoms with Crippen LogP contribution in [0.4, 0.5) is 15.5 Å². The third-order valence-electron chi connectivity index (χ3n) is 3.03. The Morgan fingerprint density at radius 2 is 1.74 bits per heavy atom. The van der Waals surface area contributed by atoms with Gasteiger partial charge in [-0.2, -0.15) is 0 Å². The molecule has 3 N–H and O–H groups in total. The van der Waals surface area contributed by atoms with Crippen molar-refractivity contribution in [3.63, 3.8) is 0 Å². The molecule has 0 unspecified atom stereocenters. The van der Waals surface area contributed by atoms with Crippen LogP contribution in [-0.4, -0.2) is 17.1 Å². The molecule has 1 heterocycles. The molecule has 0 fully saturated rings. The Kier molecular flexibility index (Phi) is 4.97. The van der Waals surface area contributed by atoms with Gasteiger partial charge in [-0.05, 0) is 35.7 Å². The zero-order chi connectivity index (χ0) is 17.2. The van der Waals surface area contributed by atoms with E-state index in [0.717, 1.165) is 4.88 Å². The monoisotopic (exact) mass is 352 g/mol. The lowest BCUT2D eigenvalue weighted by Gasteiger charge is -2.15. The molecular weight excluding hydrogens is 336 g/mol. The van der Waals surface area contributed by atoms with E-state index in [-0.39, 0.29) is 11.0 Å². The average molecular weight is 353 g/mol. The van der Waals surface area contributed by atoms with E-state index in [0.29, 0.717) is 15.7 Å². The number of halogens is 1. The topological polar surface area (TPSA) is 78.4 Å². The fourth-order valence-electron chi connectivity index (χ4n) is 1.81. The first-order valence-corrected chi connectivity index (χ1v) is 8.07. The molecule has 0 atom stereocenters. The maximum absolute atomic E-state index is 12.1. The molecule has 1 aromatic heterocycles. The Morgan fingerprint density at radius 1 is 1.13 bits per heavy atom. The zero-order valence-electron chi connectivity index (χ0n) is 12.9. The van der Waals surface area contributed by atoms with Crippen LogP contribution in [0.3, 0.4) is 0 Å². The number of anilines is 2. The highest BCUT2D eigenvalue weighted by atomic mass is 35.5. The number of carboxylic acid groups (broad SMARTS) is 1. The van der Waals surface area contributed by atoms with Gasteiger partial charge in [-0.3, -0.25) is 5.32 Å². The van der Waals surface area contributed by atoms with Crippen molar-refractivity contribution in [2.45, 2.75) is 26.2 Å². The lowest BCUT2D eigenvalue weighted by molar-refractivity contribution is 0.0698. The Balaban J connectivity index is 2.18. The largest absolute Gasteiger partial charge is 0.478 e. The summed E-state index contributed by atoms with van der Waals surface area (Å²) in [6.07, 6.45) is 0. The Morgan fingerprint density at radius 3 is 2.26 bits per heavy atom. The molecular formula is C16H17ClN2O3S. The van der Waals surface area contributed by atoms with E-state index in [2.05, 4.69) is 10.6 Å². The molecule has 0 aliphatic rings. The number of aromatic carboxylic acids is 1. The van der Waals surface area contributed by atoms with Crippen molar-refractivity contribution in [2.75, 3.05) is 10.6 Å². The number of nitrogens with one attached hydrogen (secondary N) is 2. The van der Waals surface area contributed by atoms with Gasteiger partial charge < -0.3 is 10.4 Å². The van der Waals surface area contributed by atoms with E-state index in [1.165, 1.54) is 11.3 Å². The number of rotatable bonds is 3. The molecule has 0 radical (unpaired) electrons. The normalized spacial score (nSPS) is 11.1. The predicted octanol–water partition coefficient (Wildman–Crippen LogP) is 5.04. The summed E-state index contributed by atoms with van der Waals surface area (Å²) >= 11 is 7.05. The number of thiophene rings is 1. The van der Waals surface area contributed by atoms with E-state index < -0.39 is 12.0 Å². The number of carboxylic acids is 1. The minimum Gasteiger partial charge on any atom is -0.478 e. The van der Waals surface area contributed by atoms with Gasteiger partial charge in [-0.15, -0.1) is 11.3 Å². The SMILES string of the molecule is CC(C)(C)c1cc(C(=O)O)c(NC(=O)Nc2ccc(Cl)cc2)s1. The van der Waals surface area contributed by atoms with Crippen LogP contribution >= 0.6 is 22.9 Å². The number of urea groups is 1. The van der Waals surface area contributed by atoms with Crippen LogP contribution < -0.4 is 10.6 Å². The van der Waals surface area contributed by atoms with Crippen molar-refractivity contribution < 1.29 is 14.7 Å². The molecule has 23 heavy (non-hydrogen) atoms. The summed E-state index contributed by atoms with van der Waals surface area (Å²) in [6, 6.07) is 7.73. The van der Waals surface area contributed by atoms with Crippen molar-refractivity contribution >= 4 is 45.6 Å². The number of amides is 2. The highest BCUT2D eigenvalue weighted by Crippen LogP contribution is 2.36. The fourth-order valence-corrected chi connectivity index (χ4v) is 3.04. The zero-order valence-corrected chi connectivity index (χ0v) is 14.5. The molecule has 0 saturated heterocycles. The quantitative estimate of drug-likeness (QED) is 0.723. The lowest BCUT2D eigenvalue weighted by atomic mass is 9.94. The third-order valence-corrected chi connectivity index (χ3v) is 4.76. The Labute approximate surface area is 143 Å². The summed E-state index contributed by atoms with van der Waals surface area (Å²) in [5.74, 6) is -1.07. The van der Waals surface area contributed by atoms with Gasteiger partial charge in [-0.1, -0.05) is 32.4 Å². The summed E-state index contributed by atoms with van der Waals surface area (Å²) in [5, 5.41) is 15.4. The van der Waals surface area contributed by atoms with Gasteiger partial charge in [0.15, 0.2) is 0 Å². The minimum atomic E-state index is -1.07. The summed E-state index contributed by atoms with van der Waals surface area (Å²) in [7, 11) is 0. The van der Waals surface area contributed by atoms with Crippen molar-refractivity contribution in [3.8, 4) is 0 Å². The van der Waals surface area contributed by atoms with E-state index in [1.54, 1.807) is 30.3 Å². The summed E-state index contributed by atoms with van der Waals surface area (Å²) in [6.45, 7) is 5.96. The first-order chi connectivity index (χ1) is 10.7. The standard InChI is InChI=1S/C16H17ClN2O3S/c1-16(2,3)12-8-11(14(20)21)13(23-12)19-15(22)18-10-6-4-9(17)5-7-10/h4-8H,1-3H3,(H,20,21)(H2,18,19,22). The molecule has 0 aliphatic carbocycles. The van der Waals surface area contributed by atoms with E-state index in [4.69, 9.17) is 11.6 Å². The van der Waals surface area contributed by atoms with Gasteiger partial charge >= 0.3 is 12.0 Å². The van der Waals surface area contributed by atoms with E-state index >= 15 is 0 Å². The Bertz CT molecular complexity index is 733. The maximum Gasteiger partial charge on any atom is 0.338 e. The Hall–Kier alpha value is -2.05. The number of hydrogen-bond acceptors (Lipinski definition) is 3. The molecule has 0 bridgehead atoms. The number of carbonyl (C=O) groups excluding carboxylic acids is 1. The summed E-state index contributed by atoms with van der Waals surface area (Å²) < 4.78 is 0. The van der Waals surface area contributed by atoms with E-state index in [9.17, 15) is 14.7 Å². The van der Waals surface area contributed by atoms with Crippen LogP contribution in [0.25, 0.3) is 0 Å². The highest BCUT2D eigenvalue weighted by molar-refractivity contribution is 7.16. The van der Waals surface area contributed by atoms with Crippen LogP contribution in [0.5, 0.6) is 0 Å². The van der Waals surface area contributed by atoms with Crippen molar-refractivity contribution in [3.05, 3.63) is 45.8 Å². The van der Waals surface area contributed by atoms with Crippen LogP contribution in [0.2, 0.25) is 5.02 Å². The van der Waals surface area contributed by atoms with Crippen LogP contribution in [0.1, 0.15) is 36.0 Å². The van der Waals surface area contributed by atoms with Crippen LogP contribution in [0.15, 0.2) is 30.3 Å². The van der Waals surface area contributed by atoms with Gasteiger partial charge in [-0.25, -0.2) is 9.59 Å². The smallest absolute Gasteiger partial charge is 0.338 e. The number of benzene rings is 1. The molecule has 0 spiro atoms. The van der Waals surface area contributed by atoms with Crippen molar-refractivity contribution in [1.82, 2.24) is 0 Å². The fraction of sp³-hybridized carbons (Fsp3) is 0.250. The van der Waals surface area contributed by atoms with Gasteiger partial charge in [0.05, 0.1) is 5.56 Å². The molecule has 0 aliphatic heterocycles. The van der Waals surface area contributed by atoms with Gasteiger partial charge in [0.2, 0.25) is 0 Å². The second kappa shape index (κ2) is 6.60. The van der Waals surface area contributed by atoms with Crippen molar-refractivity contribution in [2.24, 2.45) is 0 Å². The maximum atomic E-state index is 12.1. The van der Waals surface area contributed by atoms with Gasteiger partial charge in [0.1, 0.15) is 5.00 Å². The molecule has 122 valence electrons. The van der Waals surface area contributed by atoms with Crippen molar-refractivity contribution in [1.29, 1.82) is 0 Å². The second-order valence-corrected chi connectivity index (χ2v) is 7.48. The predicted molar refractivity (Wildman–Crippen MR) is 94.1 cm³/mol.